The summed E-state index contributed by atoms with van der Waals surface area (Å²) in [6.45, 7) is 1.03. The number of benzene rings is 3. The number of amides is 1. The quantitative estimate of drug-likeness (QED) is 0.295. The molecule has 0 spiro atoms. The molecule has 0 atom stereocenters. The molecular weight excluding hydrogens is 658 g/mol. The number of halogens is 1. The predicted molar refractivity (Wildman–Crippen MR) is 141 cm³/mol. The van der Waals surface area contributed by atoms with Crippen molar-refractivity contribution in [3.05, 3.63) is 87.9 Å². The molecule has 0 aromatic heterocycles. The third kappa shape index (κ3) is 6.27. The Hall–Kier alpha value is -2.62. The van der Waals surface area contributed by atoms with E-state index in [1.807, 2.05) is 48.5 Å². The minimum atomic E-state index is -1.05. The molecule has 1 amide bonds. The number of nitrogens with zero attached hydrogens (tertiary/aromatic N) is 1. The van der Waals surface area contributed by atoms with Crippen molar-refractivity contribution in [1.29, 1.82) is 0 Å². The molecule has 1 aliphatic heterocycles. The van der Waals surface area contributed by atoms with Crippen LogP contribution in [0.3, 0.4) is 0 Å². The van der Waals surface area contributed by atoms with Gasteiger partial charge in [0.25, 0.3) is 5.91 Å². The summed E-state index contributed by atoms with van der Waals surface area (Å²) in [6.07, 6.45) is 8.44. The number of carboxylic acids is 1. The number of rotatable bonds is 6. The van der Waals surface area contributed by atoms with Crippen LogP contribution >= 0.6 is 11.6 Å². The monoisotopic (exact) mass is 687 g/mol. The van der Waals surface area contributed by atoms with Crippen LogP contribution in [0.15, 0.2) is 60.7 Å². The van der Waals surface area contributed by atoms with Crippen molar-refractivity contribution >= 4 is 23.5 Å². The Morgan fingerprint density at radius 1 is 0.946 bits per heavy atom. The number of aromatic carboxylic acids is 1. The average molecular weight is 688 g/mol. The van der Waals surface area contributed by atoms with Gasteiger partial charge in [-0.1, -0.05) is 68.0 Å². The van der Waals surface area contributed by atoms with E-state index in [0.29, 0.717) is 19.2 Å². The van der Waals surface area contributed by atoms with Crippen LogP contribution in [0.2, 0.25) is 5.02 Å². The smallest absolute Gasteiger partial charge is 0.337 e. The molecule has 1 N–H and O–H groups in total. The number of hydrogen-bond donors (Lipinski definition) is 1. The molecule has 2 aliphatic rings. The van der Waals surface area contributed by atoms with Crippen molar-refractivity contribution in [2.24, 2.45) is 0 Å². The summed E-state index contributed by atoms with van der Waals surface area (Å²) in [5.74, 6) is -0.158. The minimum absolute atomic E-state index is 0. The predicted octanol–water partition coefficient (Wildman–Crippen LogP) is 7.35. The minimum Gasteiger partial charge on any atom is -0.489 e. The number of carbonyl (C=O) groups excluding carboxylic acids is 1. The second kappa shape index (κ2) is 12.3. The van der Waals surface area contributed by atoms with E-state index in [0.717, 1.165) is 46.4 Å². The van der Waals surface area contributed by atoms with Gasteiger partial charge in [0.2, 0.25) is 0 Å². The van der Waals surface area contributed by atoms with Crippen molar-refractivity contribution in [2.75, 3.05) is 0 Å². The van der Waals surface area contributed by atoms with Crippen molar-refractivity contribution < 1.29 is 40.5 Å². The van der Waals surface area contributed by atoms with Crippen molar-refractivity contribution in [3.63, 3.8) is 0 Å². The van der Waals surface area contributed by atoms with E-state index in [1.165, 1.54) is 32.1 Å². The third-order valence-corrected chi connectivity index (χ3v) is 7.62. The first-order valence-electron chi connectivity index (χ1n) is 12.7. The van der Waals surface area contributed by atoms with Crippen LogP contribution in [0.1, 0.15) is 76.8 Å². The Balaban J connectivity index is 0.00000320. The fourth-order valence-corrected chi connectivity index (χ4v) is 5.53. The molecule has 5 rings (SSSR count). The van der Waals surface area contributed by atoms with E-state index >= 15 is 0 Å². The molecule has 0 unspecified atom stereocenters. The standard InChI is InChI=1S/C30H30ClNO4.W/c31-28-14-11-22(17-27(28)30(34)35)21-8-6-7-20(15-21)19-36-25-12-13-26-23(16-25)18-32(29(26)33)24-9-4-2-1-3-5-10-24;/h6-8,11-17,24H,1-5,9-10,18-19H2,(H,34,35);. The molecule has 3 aromatic carbocycles. The van der Waals surface area contributed by atoms with Gasteiger partial charge < -0.3 is 14.7 Å². The number of fused-ring (bicyclic) bond motifs is 1. The first-order valence-corrected chi connectivity index (χ1v) is 13.1. The molecule has 37 heavy (non-hydrogen) atoms. The first kappa shape index (κ1) is 27.4. The molecule has 5 nitrogen and oxygen atoms in total. The molecule has 3 aromatic rings. The summed E-state index contributed by atoms with van der Waals surface area (Å²) in [4.78, 5) is 26.6. The van der Waals surface area contributed by atoms with Gasteiger partial charge in [-0.05, 0) is 71.5 Å². The zero-order chi connectivity index (χ0) is 25.1. The van der Waals surface area contributed by atoms with Gasteiger partial charge in [0, 0.05) is 39.2 Å². The van der Waals surface area contributed by atoms with Gasteiger partial charge in [0.15, 0.2) is 0 Å². The number of carbonyl (C=O) groups is 2. The Kier molecular flexibility index (Phi) is 9.10. The summed E-state index contributed by atoms with van der Waals surface area (Å²) in [6, 6.07) is 18.9. The van der Waals surface area contributed by atoms with E-state index < -0.39 is 5.97 Å². The van der Waals surface area contributed by atoms with Gasteiger partial charge >= 0.3 is 5.97 Å². The maximum absolute atomic E-state index is 13.1. The molecular formula is C30H30ClNO4W. The molecule has 7 heteroatoms. The van der Waals surface area contributed by atoms with Gasteiger partial charge in [-0.25, -0.2) is 4.79 Å². The summed E-state index contributed by atoms with van der Waals surface area (Å²) in [5, 5.41) is 9.59. The zero-order valence-corrected chi connectivity index (χ0v) is 24.3. The van der Waals surface area contributed by atoms with Crippen LogP contribution in [0.25, 0.3) is 11.1 Å². The largest absolute Gasteiger partial charge is 0.489 e. The van der Waals surface area contributed by atoms with Gasteiger partial charge in [-0.15, -0.1) is 0 Å². The number of hydrogen-bond acceptors (Lipinski definition) is 3. The fraction of sp³-hybridized carbons (Fsp3) is 0.333. The Bertz CT molecular complexity index is 1290. The molecule has 1 aliphatic carbocycles. The molecule has 1 saturated carbocycles. The summed E-state index contributed by atoms with van der Waals surface area (Å²) in [7, 11) is 0. The maximum Gasteiger partial charge on any atom is 0.337 e. The Morgan fingerprint density at radius 3 is 2.43 bits per heavy atom. The van der Waals surface area contributed by atoms with Gasteiger partial charge in [0.05, 0.1) is 10.6 Å². The van der Waals surface area contributed by atoms with Crippen LogP contribution in [-0.2, 0) is 34.2 Å². The first-order chi connectivity index (χ1) is 17.5. The summed E-state index contributed by atoms with van der Waals surface area (Å²) >= 11 is 6.02. The maximum atomic E-state index is 13.1. The normalized spacial score (nSPS) is 15.9. The Labute approximate surface area is 237 Å². The van der Waals surface area contributed by atoms with E-state index in [2.05, 4.69) is 4.90 Å². The molecule has 0 bridgehead atoms. The van der Waals surface area contributed by atoms with Gasteiger partial charge in [0.1, 0.15) is 12.4 Å². The van der Waals surface area contributed by atoms with Crippen molar-refractivity contribution in [2.45, 2.75) is 64.1 Å². The average Bonchev–Trinajstić information content (AvgIpc) is 3.18. The third-order valence-electron chi connectivity index (χ3n) is 7.29. The van der Waals surface area contributed by atoms with Crippen molar-refractivity contribution in [3.8, 4) is 16.9 Å². The Morgan fingerprint density at radius 2 is 1.68 bits per heavy atom. The van der Waals surface area contributed by atoms with E-state index in [9.17, 15) is 14.7 Å². The topological polar surface area (TPSA) is 66.8 Å². The van der Waals surface area contributed by atoms with Gasteiger partial charge in [-0.2, -0.15) is 0 Å². The van der Waals surface area contributed by atoms with Crippen LogP contribution < -0.4 is 4.74 Å². The van der Waals surface area contributed by atoms with E-state index in [4.69, 9.17) is 16.3 Å². The van der Waals surface area contributed by atoms with Crippen LogP contribution in [0, 0.1) is 0 Å². The molecule has 192 valence electrons. The number of carboxylic acid groups (broad SMARTS) is 1. The SMILES string of the molecule is O=C(O)c1cc(-c2cccc(COc3ccc4c(c3)CN(C3CCCCCCC3)C4=O)c2)ccc1Cl.[W]. The molecule has 0 radical (unpaired) electrons. The summed E-state index contributed by atoms with van der Waals surface area (Å²) < 4.78 is 6.10. The van der Waals surface area contributed by atoms with Gasteiger partial charge in [-0.3, -0.25) is 4.79 Å². The molecule has 1 fully saturated rings. The zero-order valence-electron chi connectivity index (χ0n) is 20.6. The second-order valence-corrected chi connectivity index (χ2v) is 10.1. The molecule has 1 heterocycles. The van der Waals surface area contributed by atoms with E-state index in [1.54, 1.807) is 12.1 Å². The summed E-state index contributed by atoms with van der Waals surface area (Å²) in [5.41, 5.74) is 4.55. The van der Waals surface area contributed by atoms with Crippen LogP contribution in [-0.4, -0.2) is 27.9 Å². The van der Waals surface area contributed by atoms with E-state index in [-0.39, 0.29) is 37.6 Å². The van der Waals surface area contributed by atoms with Crippen LogP contribution in [0.5, 0.6) is 5.75 Å². The molecule has 0 saturated heterocycles. The fourth-order valence-electron chi connectivity index (χ4n) is 5.33. The van der Waals surface area contributed by atoms with Crippen molar-refractivity contribution in [1.82, 2.24) is 4.90 Å². The number of ether oxygens (including phenoxy) is 1. The second-order valence-electron chi connectivity index (χ2n) is 9.74. The van der Waals surface area contributed by atoms with Crippen LogP contribution in [0.4, 0.5) is 0 Å².